The van der Waals surface area contributed by atoms with Gasteiger partial charge in [-0.05, 0) is 29.3 Å². The van der Waals surface area contributed by atoms with Crippen LogP contribution in [-0.4, -0.2) is 17.2 Å². The number of rotatable bonds is 5. The Morgan fingerprint density at radius 3 is 2.12 bits per heavy atom. The van der Waals surface area contributed by atoms with E-state index in [1.807, 2.05) is 60.7 Å². The Bertz CT molecular complexity index is 872. The maximum Gasteiger partial charge on any atom is 0.252 e. The number of aromatic hydroxyl groups is 1. The third kappa shape index (κ3) is 4.37. The molecule has 0 spiro atoms. The Morgan fingerprint density at radius 1 is 0.962 bits per heavy atom. The van der Waals surface area contributed by atoms with E-state index in [1.165, 1.54) is 6.21 Å². The molecule has 5 heteroatoms. The first-order valence-corrected chi connectivity index (χ1v) is 8.86. The van der Waals surface area contributed by atoms with Crippen LogP contribution in [0.3, 0.4) is 0 Å². The monoisotopic (exact) mass is 408 g/mol. The Kier molecular flexibility index (Phi) is 5.81. The second-order valence-electron chi connectivity index (χ2n) is 5.69. The predicted molar refractivity (Wildman–Crippen MR) is 106 cm³/mol. The van der Waals surface area contributed by atoms with Gasteiger partial charge in [-0.2, -0.15) is 5.10 Å². The molecular weight excluding hydrogens is 392 g/mol. The molecule has 3 aromatic carbocycles. The zero-order chi connectivity index (χ0) is 18.4. The Labute approximate surface area is 160 Å². The molecule has 0 saturated heterocycles. The van der Waals surface area contributed by atoms with Crippen LogP contribution in [0.2, 0.25) is 0 Å². The van der Waals surface area contributed by atoms with E-state index < -0.39 is 5.92 Å². The van der Waals surface area contributed by atoms with E-state index >= 15 is 0 Å². The van der Waals surface area contributed by atoms with Gasteiger partial charge in [0.2, 0.25) is 0 Å². The number of nitrogens with zero attached hydrogens (tertiary/aromatic N) is 1. The maximum absolute atomic E-state index is 12.8. The predicted octanol–water partition coefficient (Wildman–Crippen LogP) is 4.44. The number of carbonyl (C=O) groups excluding carboxylic acids is 1. The first-order valence-electron chi connectivity index (χ1n) is 8.06. The minimum Gasteiger partial charge on any atom is -0.507 e. The summed E-state index contributed by atoms with van der Waals surface area (Å²) >= 11 is 3.34. The van der Waals surface area contributed by atoms with Crippen molar-refractivity contribution in [3.63, 3.8) is 0 Å². The number of amides is 1. The zero-order valence-corrected chi connectivity index (χ0v) is 15.4. The summed E-state index contributed by atoms with van der Waals surface area (Å²) in [6.07, 6.45) is 1.42. The van der Waals surface area contributed by atoms with Gasteiger partial charge in [-0.3, -0.25) is 4.79 Å². The second kappa shape index (κ2) is 8.45. The summed E-state index contributed by atoms with van der Waals surface area (Å²) in [5.74, 6) is -0.618. The van der Waals surface area contributed by atoms with E-state index in [4.69, 9.17) is 0 Å². The molecule has 3 aromatic rings. The van der Waals surface area contributed by atoms with Gasteiger partial charge in [0.15, 0.2) is 0 Å². The van der Waals surface area contributed by atoms with E-state index in [2.05, 4.69) is 26.5 Å². The van der Waals surface area contributed by atoms with E-state index in [0.29, 0.717) is 5.56 Å². The highest BCUT2D eigenvalue weighted by Crippen LogP contribution is 2.25. The fraction of sp³-hybridized carbons (Fsp3) is 0.0476. The van der Waals surface area contributed by atoms with Crippen LogP contribution >= 0.6 is 15.9 Å². The van der Waals surface area contributed by atoms with Gasteiger partial charge < -0.3 is 5.11 Å². The number of nitrogens with one attached hydrogen (secondary N) is 1. The lowest BCUT2D eigenvalue weighted by molar-refractivity contribution is -0.121. The maximum atomic E-state index is 12.8. The lowest BCUT2D eigenvalue weighted by atomic mass is 9.91. The normalized spacial score (nSPS) is 11.0. The number of hydrogen-bond acceptors (Lipinski definition) is 3. The molecule has 0 heterocycles. The Morgan fingerprint density at radius 2 is 1.54 bits per heavy atom. The SMILES string of the molecule is O=C(N/N=C/c1cc(Br)ccc1O)C(c1ccccc1)c1ccccc1. The van der Waals surface area contributed by atoms with Crippen LogP contribution in [0, 0.1) is 0 Å². The fourth-order valence-electron chi connectivity index (χ4n) is 2.64. The molecule has 0 bridgehead atoms. The number of benzene rings is 3. The average molecular weight is 409 g/mol. The molecule has 130 valence electrons. The van der Waals surface area contributed by atoms with E-state index in [-0.39, 0.29) is 11.7 Å². The quantitative estimate of drug-likeness (QED) is 0.484. The van der Waals surface area contributed by atoms with Gasteiger partial charge in [0.1, 0.15) is 5.75 Å². The van der Waals surface area contributed by atoms with E-state index in [9.17, 15) is 9.90 Å². The summed E-state index contributed by atoms with van der Waals surface area (Å²) < 4.78 is 0.814. The van der Waals surface area contributed by atoms with Gasteiger partial charge in [-0.1, -0.05) is 76.6 Å². The van der Waals surface area contributed by atoms with Gasteiger partial charge in [-0.15, -0.1) is 0 Å². The van der Waals surface area contributed by atoms with Crippen molar-refractivity contribution in [1.29, 1.82) is 0 Å². The van der Waals surface area contributed by atoms with Crippen molar-refractivity contribution < 1.29 is 9.90 Å². The van der Waals surface area contributed by atoms with Crippen molar-refractivity contribution in [2.24, 2.45) is 5.10 Å². The number of carbonyl (C=O) groups is 1. The number of phenolic OH excluding ortho intramolecular Hbond substituents is 1. The highest BCUT2D eigenvalue weighted by Gasteiger charge is 2.22. The van der Waals surface area contributed by atoms with Crippen LogP contribution < -0.4 is 5.43 Å². The molecule has 3 rings (SSSR count). The molecule has 0 radical (unpaired) electrons. The summed E-state index contributed by atoms with van der Waals surface area (Å²) in [4.78, 5) is 12.8. The molecule has 0 aliphatic rings. The highest BCUT2D eigenvalue weighted by atomic mass is 79.9. The molecule has 0 fully saturated rings. The van der Waals surface area contributed by atoms with E-state index in [1.54, 1.807) is 18.2 Å². The van der Waals surface area contributed by atoms with Crippen molar-refractivity contribution in [2.45, 2.75) is 5.92 Å². The Balaban J connectivity index is 1.82. The smallest absolute Gasteiger partial charge is 0.252 e. The van der Waals surface area contributed by atoms with Gasteiger partial charge in [0, 0.05) is 10.0 Å². The molecule has 26 heavy (non-hydrogen) atoms. The number of phenols is 1. The Hall–Kier alpha value is -2.92. The zero-order valence-electron chi connectivity index (χ0n) is 13.8. The van der Waals surface area contributed by atoms with Crippen molar-refractivity contribution >= 4 is 28.1 Å². The third-order valence-corrected chi connectivity index (χ3v) is 4.39. The number of halogens is 1. The van der Waals surface area contributed by atoms with Crippen molar-refractivity contribution in [2.75, 3.05) is 0 Å². The largest absolute Gasteiger partial charge is 0.507 e. The van der Waals surface area contributed by atoms with Crippen molar-refractivity contribution in [3.8, 4) is 5.75 Å². The topological polar surface area (TPSA) is 61.7 Å². The minimum absolute atomic E-state index is 0.0915. The summed E-state index contributed by atoms with van der Waals surface area (Å²) in [6, 6.07) is 24.1. The van der Waals surface area contributed by atoms with Crippen molar-refractivity contribution in [3.05, 3.63) is 100 Å². The molecular formula is C21H17BrN2O2. The first kappa shape index (κ1) is 17.9. The molecule has 0 saturated carbocycles. The van der Waals surface area contributed by atoms with Crippen LogP contribution in [0.1, 0.15) is 22.6 Å². The van der Waals surface area contributed by atoms with Crippen LogP contribution in [0.4, 0.5) is 0 Å². The average Bonchev–Trinajstić information content (AvgIpc) is 2.66. The molecule has 0 atom stereocenters. The lowest BCUT2D eigenvalue weighted by Gasteiger charge is -2.16. The molecule has 4 nitrogen and oxygen atoms in total. The number of hydrazone groups is 1. The summed E-state index contributed by atoms with van der Waals surface area (Å²) in [6.45, 7) is 0. The van der Waals surface area contributed by atoms with E-state index in [0.717, 1.165) is 15.6 Å². The van der Waals surface area contributed by atoms with Crippen LogP contribution in [-0.2, 0) is 4.79 Å². The molecule has 1 amide bonds. The van der Waals surface area contributed by atoms with Crippen LogP contribution in [0.25, 0.3) is 0 Å². The molecule has 0 aliphatic carbocycles. The summed E-state index contributed by atoms with van der Waals surface area (Å²) in [5, 5.41) is 13.9. The molecule has 0 aliphatic heterocycles. The molecule has 2 N–H and O–H groups in total. The fourth-order valence-corrected chi connectivity index (χ4v) is 3.02. The van der Waals surface area contributed by atoms with Crippen LogP contribution in [0.5, 0.6) is 5.75 Å². The second-order valence-corrected chi connectivity index (χ2v) is 6.61. The van der Waals surface area contributed by atoms with Crippen LogP contribution in [0.15, 0.2) is 88.4 Å². The molecule has 0 aromatic heterocycles. The summed E-state index contributed by atoms with van der Waals surface area (Å²) in [5.41, 5.74) is 4.86. The first-order chi connectivity index (χ1) is 12.6. The minimum atomic E-state index is -0.467. The van der Waals surface area contributed by atoms with Gasteiger partial charge in [-0.25, -0.2) is 5.43 Å². The van der Waals surface area contributed by atoms with Crippen molar-refractivity contribution in [1.82, 2.24) is 5.43 Å². The van der Waals surface area contributed by atoms with Gasteiger partial charge >= 0.3 is 0 Å². The summed E-state index contributed by atoms with van der Waals surface area (Å²) in [7, 11) is 0. The lowest BCUT2D eigenvalue weighted by Crippen LogP contribution is -2.26. The highest BCUT2D eigenvalue weighted by molar-refractivity contribution is 9.10. The molecule has 0 unspecified atom stereocenters. The number of hydrogen-bond donors (Lipinski definition) is 2. The standard InChI is InChI=1S/C21H17BrN2O2/c22-18-11-12-19(25)17(13-18)14-23-24-21(26)20(15-7-3-1-4-8-15)16-9-5-2-6-10-16/h1-14,20,25H,(H,24,26)/b23-14+. The van der Waals surface area contributed by atoms with Gasteiger partial charge in [0.25, 0.3) is 5.91 Å². The van der Waals surface area contributed by atoms with Gasteiger partial charge in [0.05, 0.1) is 12.1 Å². The third-order valence-electron chi connectivity index (χ3n) is 3.90.